The van der Waals surface area contributed by atoms with Gasteiger partial charge in [0, 0.05) is 11.3 Å². The average molecular weight is 390 g/mol. The summed E-state index contributed by atoms with van der Waals surface area (Å²) in [6.45, 7) is 6.37. The minimum absolute atomic E-state index is 0.0777. The van der Waals surface area contributed by atoms with Crippen LogP contribution in [0.2, 0.25) is 10.0 Å². The first kappa shape index (κ1) is 19.4. The topological polar surface area (TPSA) is 46.6 Å². The van der Waals surface area contributed by atoms with E-state index in [9.17, 15) is 9.59 Å². The van der Waals surface area contributed by atoms with Crippen LogP contribution in [-0.4, -0.2) is 40.6 Å². The molecule has 2 atom stereocenters. The first-order valence-electron chi connectivity index (χ1n) is 7.92. The van der Waals surface area contributed by atoms with Crippen molar-refractivity contribution in [3.8, 4) is 0 Å². The number of ether oxygens (including phenoxy) is 1. The Morgan fingerprint density at radius 3 is 2.62 bits per heavy atom. The molecule has 7 heteroatoms. The fourth-order valence-corrected chi connectivity index (χ4v) is 4.32. The minimum atomic E-state index is -0.573. The second-order valence-corrected chi connectivity index (χ2v) is 7.96. The number of amides is 1. The molecule has 0 N–H and O–H groups in total. The molecule has 2 rings (SSSR count). The lowest BCUT2D eigenvalue weighted by atomic mass is 10.1. The maximum atomic E-state index is 13.0. The van der Waals surface area contributed by atoms with E-state index in [-0.39, 0.29) is 23.2 Å². The monoisotopic (exact) mass is 389 g/mol. The Bertz CT molecular complexity index is 624. The standard InChI is InChI=1S/C17H21Cl2NO3S/c1-4-7-23-17(22)14-9-24-16(10(2)3)20(14)15(21)11-5-6-12(18)13(19)8-11/h5-6,8,10,14,16H,4,7,9H2,1-3H3. The summed E-state index contributed by atoms with van der Waals surface area (Å²) in [5.41, 5.74) is 0.422. The molecule has 1 saturated heterocycles. The van der Waals surface area contributed by atoms with Crippen LogP contribution in [0.25, 0.3) is 0 Å². The average Bonchev–Trinajstić information content (AvgIpc) is 2.99. The third kappa shape index (κ3) is 4.19. The highest BCUT2D eigenvalue weighted by Gasteiger charge is 2.43. The van der Waals surface area contributed by atoms with Crippen LogP contribution in [0, 0.1) is 5.92 Å². The maximum Gasteiger partial charge on any atom is 0.329 e. The zero-order chi connectivity index (χ0) is 17.9. The van der Waals surface area contributed by atoms with E-state index in [2.05, 4.69) is 0 Å². The molecule has 0 bridgehead atoms. The fraction of sp³-hybridized carbons (Fsp3) is 0.529. The van der Waals surface area contributed by atoms with Gasteiger partial charge in [0.2, 0.25) is 0 Å². The Labute approximate surface area is 156 Å². The molecule has 24 heavy (non-hydrogen) atoms. The van der Waals surface area contributed by atoms with Gasteiger partial charge in [-0.25, -0.2) is 4.79 Å². The molecule has 2 unspecified atom stereocenters. The number of thioether (sulfide) groups is 1. The summed E-state index contributed by atoms with van der Waals surface area (Å²) in [5.74, 6) is 0.181. The van der Waals surface area contributed by atoms with E-state index < -0.39 is 6.04 Å². The molecule has 1 aliphatic heterocycles. The van der Waals surface area contributed by atoms with Crippen molar-refractivity contribution in [1.82, 2.24) is 4.90 Å². The van der Waals surface area contributed by atoms with Crippen LogP contribution in [0.5, 0.6) is 0 Å². The van der Waals surface area contributed by atoms with Crippen molar-refractivity contribution < 1.29 is 14.3 Å². The highest BCUT2D eigenvalue weighted by molar-refractivity contribution is 8.00. The minimum Gasteiger partial charge on any atom is -0.464 e. The van der Waals surface area contributed by atoms with Crippen LogP contribution < -0.4 is 0 Å². The Balaban J connectivity index is 2.29. The summed E-state index contributed by atoms with van der Waals surface area (Å²) in [6, 6.07) is 4.19. The number of carbonyl (C=O) groups excluding carboxylic acids is 2. The van der Waals surface area contributed by atoms with E-state index in [4.69, 9.17) is 27.9 Å². The Kier molecular flexibility index (Phi) is 6.84. The van der Waals surface area contributed by atoms with Gasteiger partial charge in [-0.1, -0.05) is 44.0 Å². The van der Waals surface area contributed by atoms with Crippen molar-refractivity contribution in [3.63, 3.8) is 0 Å². The number of carbonyl (C=O) groups is 2. The molecule has 0 radical (unpaired) electrons. The third-order valence-electron chi connectivity index (χ3n) is 3.73. The van der Waals surface area contributed by atoms with Gasteiger partial charge in [0.15, 0.2) is 0 Å². The predicted molar refractivity (Wildman–Crippen MR) is 98.8 cm³/mol. The number of esters is 1. The molecule has 1 aromatic carbocycles. The predicted octanol–water partition coefficient (Wildman–Crippen LogP) is 4.49. The molecule has 0 saturated carbocycles. The lowest BCUT2D eigenvalue weighted by Gasteiger charge is -2.30. The molecule has 1 aromatic rings. The van der Waals surface area contributed by atoms with Gasteiger partial charge in [-0.05, 0) is 30.5 Å². The van der Waals surface area contributed by atoms with Crippen molar-refractivity contribution >= 4 is 46.8 Å². The number of halogens is 2. The van der Waals surface area contributed by atoms with Crippen molar-refractivity contribution in [2.24, 2.45) is 5.92 Å². The van der Waals surface area contributed by atoms with E-state index in [1.807, 2.05) is 20.8 Å². The van der Waals surface area contributed by atoms with Gasteiger partial charge in [-0.2, -0.15) is 0 Å². The van der Waals surface area contributed by atoms with Crippen LogP contribution in [0.3, 0.4) is 0 Å². The molecule has 1 heterocycles. The lowest BCUT2D eigenvalue weighted by molar-refractivity contribution is -0.148. The molecular formula is C17H21Cl2NO3S. The number of rotatable bonds is 5. The Morgan fingerprint density at radius 2 is 2.04 bits per heavy atom. The number of nitrogens with zero attached hydrogens (tertiary/aromatic N) is 1. The Morgan fingerprint density at radius 1 is 1.33 bits per heavy atom. The first-order valence-corrected chi connectivity index (χ1v) is 9.73. The maximum absolute atomic E-state index is 13.0. The molecule has 132 valence electrons. The van der Waals surface area contributed by atoms with Gasteiger partial charge in [0.1, 0.15) is 6.04 Å². The highest BCUT2D eigenvalue weighted by atomic mass is 35.5. The van der Waals surface area contributed by atoms with Gasteiger partial charge in [0.25, 0.3) is 5.91 Å². The molecule has 0 aliphatic carbocycles. The van der Waals surface area contributed by atoms with Gasteiger partial charge in [0.05, 0.1) is 22.0 Å². The largest absolute Gasteiger partial charge is 0.464 e. The van der Waals surface area contributed by atoms with Crippen molar-refractivity contribution in [3.05, 3.63) is 33.8 Å². The van der Waals surface area contributed by atoms with Crippen LogP contribution in [0.4, 0.5) is 0 Å². The third-order valence-corrected chi connectivity index (χ3v) is 6.09. The van der Waals surface area contributed by atoms with Crippen molar-refractivity contribution in [1.29, 1.82) is 0 Å². The quantitative estimate of drug-likeness (QED) is 0.696. The van der Waals surface area contributed by atoms with Gasteiger partial charge < -0.3 is 9.64 Å². The lowest BCUT2D eigenvalue weighted by Crippen LogP contribution is -2.47. The highest BCUT2D eigenvalue weighted by Crippen LogP contribution is 2.36. The molecule has 0 aromatic heterocycles. The zero-order valence-electron chi connectivity index (χ0n) is 13.9. The van der Waals surface area contributed by atoms with Crippen LogP contribution >= 0.6 is 35.0 Å². The summed E-state index contributed by atoms with van der Waals surface area (Å²) in [6.07, 6.45) is 0.750. The Hall–Kier alpha value is -0.910. The summed E-state index contributed by atoms with van der Waals surface area (Å²) < 4.78 is 5.27. The zero-order valence-corrected chi connectivity index (χ0v) is 16.2. The van der Waals surface area contributed by atoms with E-state index in [0.717, 1.165) is 6.42 Å². The molecule has 1 amide bonds. The SMILES string of the molecule is CCCOC(=O)C1CSC(C(C)C)N1C(=O)c1ccc(Cl)c(Cl)c1. The van der Waals surface area contributed by atoms with Crippen molar-refractivity contribution in [2.75, 3.05) is 12.4 Å². The van der Waals surface area contributed by atoms with E-state index >= 15 is 0 Å². The first-order chi connectivity index (χ1) is 11.4. The van der Waals surface area contributed by atoms with Crippen LogP contribution in [0.1, 0.15) is 37.6 Å². The summed E-state index contributed by atoms with van der Waals surface area (Å²) in [4.78, 5) is 27.0. The second-order valence-electron chi connectivity index (χ2n) is 5.99. The summed E-state index contributed by atoms with van der Waals surface area (Å²) >= 11 is 13.6. The number of benzene rings is 1. The number of hydrogen-bond acceptors (Lipinski definition) is 4. The van der Waals surface area contributed by atoms with Gasteiger partial charge in [-0.3, -0.25) is 4.79 Å². The fourth-order valence-electron chi connectivity index (χ4n) is 2.56. The van der Waals surface area contributed by atoms with Crippen LogP contribution in [0.15, 0.2) is 18.2 Å². The van der Waals surface area contributed by atoms with Crippen LogP contribution in [-0.2, 0) is 9.53 Å². The molecule has 1 aliphatic rings. The molecular weight excluding hydrogens is 369 g/mol. The molecule has 0 spiro atoms. The normalized spacial score (nSPS) is 20.5. The van der Waals surface area contributed by atoms with E-state index in [1.54, 1.807) is 34.9 Å². The second kappa shape index (κ2) is 8.45. The van der Waals surface area contributed by atoms with Crippen molar-refractivity contribution in [2.45, 2.75) is 38.6 Å². The smallest absolute Gasteiger partial charge is 0.329 e. The van der Waals surface area contributed by atoms with E-state index in [0.29, 0.717) is 28.0 Å². The van der Waals surface area contributed by atoms with Gasteiger partial charge in [-0.15, -0.1) is 11.8 Å². The summed E-state index contributed by atoms with van der Waals surface area (Å²) in [5, 5.41) is 0.634. The van der Waals surface area contributed by atoms with E-state index in [1.165, 1.54) is 0 Å². The van der Waals surface area contributed by atoms with Gasteiger partial charge >= 0.3 is 5.97 Å². The summed E-state index contributed by atoms with van der Waals surface area (Å²) in [7, 11) is 0. The number of hydrogen-bond donors (Lipinski definition) is 0. The molecule has 1 fully saturated rings. The molecule has 4 nitrogen and oxygen atoms in total.